The number of hydrogen-bond donors (Lipinski definition) is 1. The van der Waals surface area contributed by atoms with Crippen LogP contribution in [0.15, 0.2) is 59.0 Å². The van der Waals surface area contributed by atoms with Gasteiger partial charge in [0.1, 0.15) is 25.4 Å². The summed E-state index contributed by atoms with van der Waals surface area (Å²) in [5.41, 5.74) is 2.85. The standard InChI is InChI=1S/C32H30N4O8/c1-34(2)19-6-9-22-25(16-19)43-26-17-20(35(3)4)7-10-23(26)30(22)24-15-18(5-8-21(24)32(41)42)31(40)33-14-13-29(39)44-36-27(37)11-12-28(36)38/h5-10,15-17H,11-14H2,1-4H3,(H-,33,40,41,42). The van der Waals surface area contributed by atoms with Gasteiger partial charge in [0, 0.05) is 78.9 Å². The number of hydrogen-bond acceptors (Lipinski definition) is 9. The first-order chi connectivity index (χ1) is 20.9. The molecule has 0 bridgehead atoms. The number of carbonyl (C=O) groups excluding carboxylic acids is 5. The van der Waals surface area contributed by atoms with E-state index in [1.54, 1.807) is 0 Å². The van der Waals surface area contributed by atoms with Crippen LogP contribution in [-0.4, -0.2) is 69.5 Å². The first-order valence-corrected chi connectivity index (χ1v) is 13.8. The molecule has 0 spiro atoms. The zero-order valence-electron chi connectivity index (χ0n) is 24.6. The molecule has 2 aromatic rings. The van der Waals surface area contributed by atoms with Gasteiger partial charge in [0.25, 0.3) is 17.7 Å². The van der Waals surface area contributed by atoms with Gasteiger partial charge in [0.15, 0.2) is 0 Å². The lowest BCUT2D eigenvalue weighted by Gasteiger charge is -2.20. The molecule has 1 fully saturated rings. The van der Waals surface area contributed by atoms with Crippen LogP contribution in [0.5, 0.6) is 0 Å². The van der Waals surface area contributed by atoms with E-state index in [1.807, 2.05) is 74.1 Å². The average molecular weight is 599 g/mol. The predicted octanol–water partition coefficient (Wildman–Crippen LogP) is 1.39. The Bertz CT molecular complexity index is 1870. The van der Waals surface area contributed by atoms with E-state index >= 15 is 0 Å². The molecular weight excluding hydrogens is 568 g/mol. The molecule has 0 radical (unpaired) electrons. The maximum absolute atomic E-state index is 13.1. The molecule has 0 atom stereocenters. The van der Waals surface area contributed by atoms with Gasteiger partial charge < -0.3 is 29.4 Å². The Labute approximate surface area is 252 Å². The fourth-order valence-corrected chi connectivity index (χ4v) is 4.97. The molecule has 2 aromatic carbocycles. The molecule has 5 rings (SSSR count). The molecule has 1 saturated heterocycles. The van der Waals surface area contributed by atoms with E-state index in [0.29, 0.717) is 32.9 Å². The zero-order valence-corrected chi connectivity index (χ0v) is 24.6. The molecule has 3 aliphatic rings. The van der Waals surface area contributed by atoms with Crippen molar-refractivity contribution in [2.75, 3.05) is 39.6 Å². The monoisotopic (exact) mass is 598 g/mol. The van der Waals surface area contributed by atoms with Crippen LogP contribution >= 0.6 is 0 Å². The Balaban J connectivity index is 1.53. The van der Waals surface area contributed by atoms with Crippen LogP contribution in [0.25, 0.3) is 33.4 Å². The summed E-state index contributed by atoms with van der Waals surface area (Å²) in [6.45, 7) is -0.151. The summed E-state index contributed by atoms with van der Waals surface area (Å²) < 4.78 is 8.24. The van der Waals surface area contributed by atoms with Crippen molar-refractivity contribution in [2.45, 2.75) is 19.3 Å². The number of aromatic carboxylic acids is 1. The van der Waals surface area contributed by atoms with Crippen molar-refractivity contribution in [3.05, 3.63) is 71.1 Å². The van der Waals surface area contributed by atoms with Gasteiger partial charge in [0.05, 0.1) is 18.5 Å². The predicted molar refractivity (Wildman–Crippen MR) is 158 cm³/mol. The Morgan fingerprint density at radius 3 is 2.36 bits per heavy atom. The molecule has 1 N–H and O–H groups in total. The first kappa shape index (κ1) is 30.0. The van der Waals surface area contributed by atoms with Crippen molar-refractivity contribution in [1.82, 2.24) is 15.0 Å². The van der Waals surface area contributed by atoms with E-state index in [9.17, 15) is 29.1 Å². The lowest BCUT2D eigenvalue weighted by Crippen LogP contribution is -2.34. The van der Waals surface area contributed by atoms with Gasteiger partial charge in [-0.05, 0) is 35.9 Å². The second-order valence-electron chi connectivity index (χ2n) is 10.7. The SMILES string of the molecule is CN(C)c1ccc2c(-c3cc(C(=O)NCCC(=O)ON4C(=O)CCC4=O)ccc3C(=O)[O-])c3ccc(=[N+](C)C)cc-3oc2c1. The van der Waals surface area contributed by atoms with E-state index in [1.165, 1.54) is 18.2 Å². The number of imide groups is 1. The molecule has 12 heteroatoms. The Morgan fingerprint density at radius 1 is 0.977 bits per heavy atom. The summed E-state index contributed by atoms with van der Waals surface area (Å²) in [6.07, 6.45) is -0.355. The van der Waals surface area contributed by atoms with E-state index in [2.05, 4.69) is 5.32 Å². The number of benzene rings is 3. The summed E-state index contributed by atoms with van der Waals surface area (Å²) in [6, 6.07) is 15.3. The van der Waals surface area contributed by atoms with Gasteiger partial charge in [-0.25, -0.2) is 9.37 Å². The summed E-state index contributed by atoms with van der Waals surface area (Å²) in [4.78, 5) is 67.7. The van der Waals surface area contributed by atoms with Crippen molar-refractivity contribution >= 4 is 46.3 Å². The summed E-state index contributed by atoms with van der Waals surface area (Å²) in [5, 5.41) is 16.9. The molecule has 2 heterocycles. The zero-order chi connectivity index (χ0) is 31.7. The number of hydroxylamine groups is 2. The topological polar surface area (TPSA) is 152 Å². The highest BCUT2D eigenvalue weighted by atomic mass is 16.7. The van der Waals surface area contributed by atoms with Crippen LogP contribution in [0.2, 0.25) is 0 Å². The van der Waals surface area contributed by atoms with Crippen LogP contribution in [0.1, 0.15) is 40.0 Å². The summed E-state index contributed by atoms with van der Waals surface area (Å²) in [5.74, 6) is -3.53. The van der Waals surface area contributed by atoms with Crippen molar-refractivity contribution in [3.63, 3.8) is 0 Å². The lowest BCUT2D eigenvalue weighted by atomic mass is 9.89. The summed E-state index contributed by atoms with van der Waals surface area (Å²) in [7, 11) is 7.59. The number of nitrogens with one attached hydrogen (secondary N) is 1. The fourth-order valence-electron chi connectivity index (χ4n) is 4.97. The number of rotatable bonds is 8. The number of carboxylic acids is 1. The highest BCUT2D eigenvalue weighted by Gasteiger charge is 2.32. The van der Waals surface area contributed by atoms with Crippen LogP contribution in [0, 0.1) is 0 Å². The number of anilines is 1. The van der Waals surface area contributed by atoms with Crippen molar-refractivity contribution < 1.29 is 38.3 Å². The van der Waals surface area contributed by atoms with Crippen LogP contribution in [0.3, 0.4) is 0 Å². The van der Waals surface area contributed by atoms with Crippen molar-refractivity contribution in [2.24, 2.45) is 0 Å². The quantitative estimate of drug-likeness (QED) is 0.180. The van der Waals surface area contributed by atoms with Crippen LogP contribution < -0.4 is 25.3 Å². The van der Waals surface area contributed by atoms with Gasteiger partial charge in [0.2, 0.25) is 5.36 Å². The molecule has 0 saturated carbocycles. The van der Waals surface area contributed by atoms with E-state index in [0.717, 1.165) is 11.0 Å². The fraction of sp³-hybridized carbons (Fsp3) is 0.250. The van der Waals surface area contributed by atoms with Crippen LogP contribution in [0.4, 0.5) is 5.69 Å². The van der Waals surface area contributed by atoms with Gasteiger partial charge in [-0.2, -0.15) is 0 Å². The Kier molecular flexibility index (Phi) is 8.17. The van der Waals surface area contributed by atoms with Gasteiger partial charge in [-0.1, -0.05) is 6.07 Å². The van der Waals surface area contributed by atoms with E-state index in [4.69, 9.17) is 9.25 Å². The molecule has 0 aromatic heterocycles. The lowest BCUT2D eigenvalue weighted by molar-refractivity contribution is -0.255. The van der Waals surface area contributed by atoms with Gasteiger partial charge in [-0.15, -0.1) is 5.06 Å². The number of amides is 3. The van der Waals surface area contributed by atoms with Crippen molar-refractivity contribution in [1.29, 1.82) is 0 Å². The average Bonchev–Trinajstić information content (AvgIpc) is 3.30. The number of nitrogens with zero attached hydrogens (tertiary/aromatic N) is 3. The Hall–Kier alpha value is -5.52. The minimum Gasteiger partial charge on any atom is -0.545 e. The smallest absolute Gasteiger partial charge is 0.334 e. The maximum Gasteiger partial charge on any atom is 0.334 e. The second-order valence-corrected chi connectivity index (χ2v) is 10.7. The maximum atomic E-state index is 13.1. The normalized spacial score (nSPS) is 13.0. The third kappa shape index (κ3) is 5.87. The highest BCUT2D eigenvalue weighted by molar-refractivity contribution is 6.09. The Morgan fingerprint density at radius 2 is 1.70 bits per heavy atom. The van der Waals surface area contributed by atoms with Crippen LogP contribution in [-0.2, 0) is 19.2 Å². The minimum absolute atomic E-state index is 0.0270. The molecule has 44 heavy (non-hydrogen) atoms. The number of carboxylic acid groups (broad SMARTS) is 1. The molecule has 12 nitrogen and oxygen atoms in total. The minimum atomic E-state index is -1.42. The number of carbonyl (C=O) groups is 5. The van der Waals surface area contributed by atoms with Crippen molar-refractivity contribution in [3.8, 4) is 22.5 Å². The van der Waals surface area contributed by atoms with E-state index in [-0.39, 0.29) is 42.5 Å². The molecule has 3 amide bonds. The van der Waals surface area contributed by atoms with Gasteiger partial charge >= 0.3 is 5.97 Å². The number of fused-ring (bicyclic) bond motifs is 2. The third-order valence-corrected chi connectivity index (χ3v) is 7.31. The second kappa shape index (κ2) is 12.0. The molecular formula is C32H30N4O8. The highest BCUT2D eigenvalue weighted by Crippen LogP contribution is 2.42. The third-order valence-electron chi connectivity index (χ3n) is 7.31. The first-order valence-electron chi connectivity index (χ1n) is 13.8. The largest absolute Gasteiger partial charge is 0.545 e. The van der Waals surface area contributed by atoms with Gasteiger partial charge in [-0.3, -0.25) is 14.4 Å². The molecule has 226 valence electrons. The summed E-state index contributed by atoms with van der Waals surface area (Å²) >= 11 is 0. The molecule has 0 unspecified atom stereocenters. The molecule has 2 aliphatic heterocycles. The molecule has 1 aliphatic carbocycles. The van der Waals surface area contributed by atoms with E-state index < -0.39 is 29.7 Å².